The zero-order valence-electron chi connectivity index (χ0n) is 12.2. The number of aryl methyl sites for hydroxylation is 2. The van der Waals surface area contributed by atoms with Gasteiger partial charge in [0, 0.05) is 6.07 Å². The number of rotatable bonds is 3. The molecule has 1 aliphatic heterocycles. The summed E-state index contributed by atoms with van der Waals surface area (Å²) in [5, 5.41) is 7.51. The molecule has 112 valence electrons. The van der Waals surface area contributed by atoms with E-state index < -0.39 is 12.5 Å². The summed E-state index contributed by atoms with van der Waals surface area (Å²) in [7, 11) is 0. The molecule has 0 amide bonds. The topological polar surface area (TPSA) is 29.9 Å². The van der Waals surface area contributed by atoms with Crippen LogP contribution in [0, 0.1) is 6.92 Å². The van der Waals surface area contributed by atoms with Gasteiger partial charge in [-0.15, -0.1) is 0 Å². The fraction of sp³-hybridized carbons (Fsp3) is 0.438. The van der Waals surface area contributed by atoms with Crippen LogP contribution in [0.25, 0.3) is 0 Å². The molecule has 1 aromatic heterocycles. The van der Waals surface area contributed by atoms with Crippen LogP contribution in [0.15, 0.2) is 30.3 Å². The number of nitrogens with one attached hydrogen (secondary N) is 1. The van der Waals surface area contributed by atoms with Gasteiger partial charge in [0.25, 0.3) is 6.43 Å². The van der Waals surface area contributed by atoms with Gasteiger partial charge in [0.1, 0.15) is 11.9 Å². The first-order valence-corrected chi connectivity index (χ1v) is 7.28. The minimum absolute atomic E-state index is 0.0986. The number of hydrogen-bond acceptors (Lipinski definition) is 2. The monoisotopic (exact) mass is 291 g/mol. The fourth-order valence-corrected chi connectivity index (χ4v) is 2.87. The lowest BCUT2D eigenvalue weighted by atomic mass is 9.96. The molecule has 1 aliphatic rings. The summed E-state index contributed by atoms with van der Waals surface area (Å²) in [6, 6.07) is 9.03. The lowest BCUT2D eigenvalue weighted by molar-refractivity contribution is 0.0657. The van der Waals surface area contributed by atoms with Crippen LogP contribution in [0.2, 0.25) is 0 Å². The number of fused-ring (bicyclic) bond motifs is 1. The molecule has 1 N–H and O–H groups in total. The Bertz CT molecular complexity index is 619. The second-order valence-electron chi connectivity index (χ2n) is 5.55. The summed E-state index contributed by atoms with van der Waals surface area (Å²) in [5.41, 5.74) is 3.05. The first-order chi connectivity index (χ1) is 10.1. The number of anilines is 1. The van der Waals surface area contributed by atoms with Crippen molar-refractivity contribution in [3.8, 4) is 0 Å². The lowest BCUT2D eigenvalue weighted by Crippen LogP contribution is -2.30. The van der Waals surface area contributed by atoms with E-state index in [1.165, 1.54) is 10.2 Å². The third-order valence-corrected chi connectivity index (χ3v) is 4.05. The van der Waals surface area contributed by atoms with Crippen LogP contribution < -0.4 is 5.32 Å². The highest BCUT2D eigenvalue weighted by Gasteiger charge is 2.34. The van der Waals surface area contributed by atoms with E-state index in [9.17, 15) is 8.78 Å². The first-order valence-electron chi connectivity index (χ1n) is 7.28. The third-order valence-electron chi connectivity index (χ3n) is 4.05. The van der Waals surface area contributed by atoms with E-state index in [-0.39, 0.29) is 6.04 Å². The molecule has 0 saturated heterocycles. The van der Waals surface area contributed by atoms with Gasteiger partial charge >= 0.3 is 0 Å². The molecule has 0 saturated carbocycles. The average Bonchev–Trinajstić information content (AvgIpc) is 2.86. The van der Waals surface area contributed by atoms with E-state index >= 15 is 0 Å². The van der Waals surface area contributed by atoms with Crippen molar-refractivity contribution in [3.05, 3.63) is 47.2 Å². The van der Waals surface area contributed by atoms with Crippen LogP contribution in [0.1, 0.15) is 42.2 Å². The summed E-state index contributed by atoms with van der Waals surface area (Å²) < 4.78 is 28.1. The Labute approximate surface area is 123 Å². The number of aromatic nitrogens is 2. The molecule has 2 heterocycles. The number of alkyl halides is 2. The Balaban J connectivity index is 1.91. The lowest BCUT2D eigenvalue weighted by Gasteiger charge is -2.32. The highest BCUT2D eigenvalue weighted by Crippen LogP contribution is 2.38. The minimum atomic E-state index is -2.41. The largest absolute Gasteiger partial charge is 0.363 e. The van der Waals surface area contributed by atoms with Crippen molar-refractivity contribution in [2.24, 2.45) is 0 Å². The molecule has 1 aromatic carbocycles. The van der Waals surface area contributed by atoms with Gasteiger partial charge in [-0.1, -0.05) is 31.2 Å². The molecule has 0 fully saturated rings. The molecule has 5 heteroatoms. The molecule has 2 aromatic rings. The van der Waals surface area contributed by atoms with E-state index in [1.54, 1.807) is 0 Å². The van der Waals surface area contributed by atoms with Gasteiger partial charge in [-0.3, -0.25) is 0 Å². The summed E-state index contributed by atoms with van der Waals surface area (Å²) in [6.07, 6.45) is -1.09. The Hall–Kier alpha value is -1.91. The van der Waals surface area contributed by atoms with Gasteiger partial charge in [0.2, 0.25) is 0 Å². The molecule has 0 aliphatic carbocycles. The molecule has 0 radical (unpaired) electrons. The quantitative estimate of drug-likeness (QED) is 0.922. The Morgan fingerprint density at radius 3 is 2.67 bits per heavy atom. The minimum Gasteiger partial charge on any atom is -0.363 e. The fourth-order valence-electron chi connectivity index (χ4n) is 2.87. The van der Waals surface area contributed by atoms with E-state index in [2.05, 4.69) is 29.5 Å². The highest BCUT2D eigenvalue weighted by atomic mass is 19.3. The standard InChI is InChI=1S/C16H19F2N3/c1-3-11-4-6-12(7-5-11)13-9-14(16(17)18)21-15(19-13)8-10(2)20-21/h4-8,13-14,16,19H,3,9H2,1-2H3/t13-,14+/m1/s1. The third kappa shape index (κ3) is 2.64. The van der Waals surface area contributed by atoms with Gasteiger partial charge in [0.05, 0.1) is 11.7 Å². The maximum atomic E-state index is 13.3. The second kappa shape index (κ2) is 5.47. The maximum Gasteiger partial charge on any atom is 0.260 e. The molecule has 3 nitrogen and oxygen atoms in total. The predicted molar refractivity (Wildman–Crippen MR) is 78.8 cm³/mol. The van der Waals surface area contributed by atoms with Crippen LogP contribution >= 0.6 is 0 Å². The summed E-state index contributed by atoms with van der Waals surface area (Å²) in [5.74, 6) is 0.675. The first kappa shape index (κ1) is 14.0. The zero-order chi connectivity index (χ0) is 15.0. The summed E-state index contributed by atoms with van der Waals surface area (Å²) in [4.78, 5) is 0. The Kier molecular flexibility index (Phi) is 3.66. The molecular formula is C16H19F2N3. The molecule has 0 unspecified atom stereocenters. The van der Waals surface area contributed by atoms with Crippen molar-refractivity contribution in [1.82, 2.24) is 9.78 Å². The molecule has 0 spiro atoms. The van der Waals surface area contributed by atoms with E-state index in [4.69, 9.17) is 0 Å². The zero-order valence-corrected chi connectivity index (χ0v) is 12.2. The maximum absolute atomic E-state index is 13.3. The number of nitrogens with zero attached hydrogens (tertiary/aromatic N) is 2. The van der Waals surface area contributed by atoms with Gasteiger partial charge < -0.3 is 5.32 Å². The van der Waals surface area contributed by atoms with Crippen molar-refractivity contribution in [1.29, 1.82) is 0 Å². The van der Waals surface area contributed by atoms with Crippen molar-refractivity contribution in [2.45, 2.75) is 45.2 Å². The summed E-state index contributed by atoms with van der Waals surface area (Å²) in [6.45, 7) is 3.92. The van der Waals surface area contributed by atoms with E-state index in [0.717, 1.165) is 17.7 Å². The second-order valence-corrected chi connectivity index (χ2v) is 5.55. The van der Waals surface area contributed by atoms with Crippen LogP contribution in [0.5, 0.6) is 0 Å². The van der Waals surface area contributed by atoms with Gasteiger partial charge in [-0.25, -0.2) is 13.5 Å². The predicted octanol–water partition coefficient (Wildman–Crippen LogP) is 4.12. The van der Waals surface area contributed by atoms with E-state index in [1.807, 2.05) is 25.1 Å². The molecule has 21 heavy (non-hydrogen) atoms. The van der Waals surface area contributed by atoms with Crippen molar-refractivity contribution < 1.29 is 8.78 Å². The normalized spacial score (nSPS) is 21.2. The number of halogens is 2. The number of hydrogen-bond donors (Lipinski definition) is 1. The van der Waals surface area contributed by atoms with Crippen molar-refractivity contribution in [2.75, 3.05) is 5.32 Å². The average molecular weight is 291 g/mol. The van der Waals surface area contributed by atoms with Crippen molar-refractivity contribution >= 4 is 5.82 Å². The Morgan fingerprint density at radius 2 is 2.05 bits per heavy atom. The highest BCUT2D eigenvalue weighted by molar-refractivity contribution is 5.43. The summed E-state index contributed by atoms with van der Waals surface area (Å²) >= 11 is 0. The van der Waals surface area contributed by atoms with Crippen molar-refractivity contribution in [3.63, 3.8) is 0 Å². The molecule has 2 atom stereocenters. The van der Waals surface area contributed by atoms with Crippen LogP contribution in [-0.2, 0) is 6.42 Å². The molecular weight excluding hydrogens is 272 g/mol. The van der Waals surface area contributed by atoms with Crippen LogP contribution in [0.3, 0.4) is 0 Å². The van der Waals surface area contributed by atoms with Crippen LogP contribution in [0.4, 0.5) is 14.6 Å². The Morgan fingerprint density at radius 1 is 1.33 bits per heavy atom. The van der Waals surface area contributed by atoms with Gasteiger partial charge in [0.15, 0.2) is 0 Å². The molecule has 3 rings (SSSR count). The van der Waals surface area contributed by atoms with E-state index in [0.29, 0.717) is 12.2 Å². The van der Waals surface area contributed by atoms with Gasteiger partial charge in [-0.2, -0.15) is 5.10 Å². The number of benzene rings is 1. The smallest absolute Gasteiger partial charge is 0.260 e. The SMILES string of the molecule is CCc1ccc([C@H]2C[C@@H](C(F)F)n3nc(C)cc3N2)cc1. The van der Waals surface area contributed by atoms with Crippen LogP contribution in [-0.4, -0.2) is 16.2 Å². The molecule has 0 bridgehead atoms. The van der Waals surface area contributed by atoms with Gasteiger partial charge in [-0.05, 0) is 30.9 Å².